The Hall–Kier alpha value is -1.06. The summed E-state index contributed by atoms with van der Waals surface area (Å²) in [5.41, 5.74) is 2.67. The van der Waals surface area contributed by atoms with Crippen LogP contribution in [-0.4, -0.2) is 45.7 Å². The highest BCUT2D eigenvalue weighted by Gasteiger charge is 2.09. The summed E-state index contributed by atoms with van der Waals surface area (Å²) in [6.07, 6.45) is 0. The Kier molecular flexibility index (Phi) is 6.89. The van der Waals surface area contributed by atoms with Gasteiger partial charge >= 0.3 is 0 Å². The van der Waals surface area contributed by atoms with Crippen LogP contribution in [0.5, 0.6) is 0 Å². The van der Waals surface area contributed by atoms with Crippen LogP contribution in [0.15, 0.2) is 24.3 Å². The molecule has 0 amide bonds. The number of hydrogen-bond donors (Lipinski definition) is 1. The first-order chi connectivity index (χ1) is 9.02. The van der Waals surface area contributed by atoms with Crippen LogP contribution >= 0.6 is 0 Å². The summed E-state index contributed by atoms with van der Waals surface area (Å²) >= 11 is 0. The Morgan fingerprint density at radius 1 is 1.05 bits per heavy atom. The van der Waals surface area contributed by atoms with E-state index in [1.807, 2.05) is 7.05 Å². The van der Waals surface area contributed by atoms with Crippen LogP contribution in [0, 0.1) is 5.92 Å². The van der Waals surface area contributed by atoms with Gasteiger partial charge in [-0.25, -0.2) is 0 Å². The second-order valence-electron chi connectivity index (χ2n) is 5.84. The Morgan fingerprint density at radius 3 is 2.16 bits per heavy atom. The highest BCUT2D eigenvalue weighted by atomic mass is 15.2. The molecule has 0 radical (unpaired) electrons. The monoisotopic (exact) mass is 263 g/mol. The zero-order chi connectivity index (χ0) is 14.3. The number of nitrogens with zero attached hydrogens (tertiary/aromatic N) is 2. The van der Waals surface area contributed by atoms with Gasteiger partial charge in [0.05, 0.1) is 0 Å². The lowest BCUT2D eigenvalue weighted by molar-refractivity contribution is 0.409. The normalized spacial score (nSPS) is 11.3. The first-order valence-electron chi connectivity index (χ1n) is 7.16. The summed E-state index contributed by atoms with van der Waals surface area (Å²) in [6.45, 7) is 8.76. The maximum Gasteiger partial charge on any atom is 0.0366 e. The van der Waals surface area contributed by atoms with Gasteiger partial charge in [0.2, 0.25) is 0 Å². The second-order valence-corrected chi connectivity index (χ2v) is 5.84. The number of anilines is 1. The summed E-state index contributed by atoms with van der Waals surface area (Å²) < 4.78 is 0. The molecule has 0 fully saturated rings. The van der Waals surface area contributed by atoms with Gasteiger partial charge in [-0.2, -0.15) is 0 Å². The molecule has 0 unspecified atom stereocenters. The third kappa shape index (κ3) is 6.08. The zero-order valence-corrected chi connectivity index (χ0v) is 13.1. The lowest BCUT2D eigenvalue weighted by Crippen LogP contribution is -2.34. The van der Waals surface area contributed by atoms with Gasteiger partial charge in [-0.05, 0) is 44.8 Å². The van der Waals surface area contributed by atoms with E-state index in [0.29, 0.717) is 5.92 Å². The second kappa shape index (κ2) is 8.18. The molecular weight excluding hydrogens is 234 g/mol. The SMILES string of the molecule is CNCc1ccc(N(CCN(C)C)CC(C)C)cc1. The summed E-state index contributed by atoms with van der Waals surface area (Å²) in [6, 6.07) is 8.92. The molecule has 0 bridgehead atoms. The lowest BCUT2D eigenvalue weighted by Gasteiger charge is -2.28. The molecule has 0 atom stereocenters. The Labute approximate surface area is 118 Å². The summed E-state index contributed by atoms with van der Waals surface area (Å²) in [4.78, 5) is 4.72. The van der Waals surface area contributed by atoms with Crippen LogP contribution in [0.4, 0.5) is 5.69 Å². The average molecular weight is 263 g/mol. The minimum absolute atomic E-state index is 0.680. The van der Waals surface area contributed by atoms with Crippen LogP contribution in [-0.2, 0) is 6.54 Å². The molecule has 0 spiro atoms. The Balaban J connectivity index is 2.72. The topological polar surface area (TPSA) is 18.5 Å². The highest BCUT2D eigenvalue weighted by molar-refractivity contribution is 5.47. The fraction of sp³-hybridized carbons (Fsp3) is 0.625. The van der Waals surface area contributed by atoms with Crippen LogP contribution in [0.3, 0.4) is 0 Å². The lowest BCUT2D eigenvalue weighted by atomic mass is 10.1. The third-order valence-electron chi connectivity index (χ3n) is 3.09. The number of rotatable bonds is 8. The molecule has 0 saturated carbocycles. The van der Waals surface area contributed by atoms with E-state index in [1.165, 1.54) is 11.3 Å². The van der Waals surface area contributed by atoms with Crippen molar-refractivity contribution in [3.05, 3.63) is 29.8 Å². The maximum atomic E-state index is 3.18. The van der Waals surface area contributed by atoms with E-state index >= 15 is 0 Å². The van der Waals surface area contributed by atoms with Crippen LogP contribution < -0.4 is 10.2 Å². The Bertz CT molecular complexity index is 344. The van der Waals surface area contributed by atoms with Gasteiger partial charge in [0, 0.05) is 31.9 Å². The summed E-state index contributed by atoms with van der Waals surface area (Å²) in [5.74, 6) is 0.680. The van der Waals surface area contributed by atoms with E-state index < -0.39 is 0 Å². The quantitative estimate of drug-likeness (QED) is 0.777. The highest BCUT2D eigenvalue weighted by Crippen LogP contribution is 2.16. The van der Waals surface area contributed by atoms with E-state index in [4.69, 9.17) is 0 Å². The molecular formula is C16H29N3. The van der Waals surface area contributed by atoms with Crippen LogP contribution in [0.25, 0.3) is 0 Å². The van der Waals surface area contributed by atoms with Crippen LogP contribution in [0.1, 0.15) is 19.4 Å². The minimum Gasteiger partial charge on any atom is -0.370 e. The van der Waals surface area contributed by atoms with Crippen molar-refractivity contribution < 1.29 is 0 Å². The maximum absolute atomic E-state index is 3.18. The predicted octanol–water partition coefficient (Wildman–Crippen LogP) is 2.43. The largest absolute Gasteiger partial charge is 0.370 e. The summed E-state index contributed by atoms with van der Waals surface area (Å²) in [7, 11) is 6.24. The van der Waals surface area contributed by atoms with Gasteiger partial charge < -0.3 is 15.1 Å². The molecule has 0 aromatic heterocycles. The van der Waals surface area contributed by atoms with Crippen molar-refractivity contribution in [2.24, 2.45) is 5.92 Å². The number of hydrogen-bond acceptors (Lipinski definition) is 3. The molecule has 0 saturated heterocycles. The standard InChI is InChI=1S/C16H29N3/c1-14(2)13-19(11-10-18(4)5)16-8-6-15(7-9-16)12-17-3/h6-9,14,17H,10-13H2,1-5H3. The van der Waals surface area contributed by atoms with Crippen molar-refractivity contribution in [1.29, 1.82) is 0 Å². The molecule has 0 aliphatic heterocycles. The third-order valence-corrected chi connectivity index (χ3v) is 3.09. The zero-order valence-electron chi connectivity index (χ0n) is 13.1. The smallest absolute Gasteiger partial charge is 0.0366 e. The van der Waals surface area contributed by atoms with Crippen molar-refractivity contribution in [3.63, 3.8) is 0 Å². The first-order valence-corrected chi connectivity index (χ1v) is 7.16. The molecule has 19 heavy (non-hydrogen) atoms. The molecule has 3 heteroatoms. The molecule has 0 heterocycles. The Morgan fingerprint density at radius 2 is 1.68 bits per heavy atom. The van der Waals surface area contributed by atoms with Crippen molar-refractivity contribution in [1.82, 2.24) is 10.2 Å². The van der Waals surface area contributed by atoms with Gasteiger partial charge in [0.25, 0.3) is 0 Å². The number of nitrogens with one attached hydrogen (secondary N) is 1. The van der Waals surface area contributed by atoms with Crippen molar-refractivity contribution in [2.45, 2.75) is 20.4 Å². The van der Waals surface area contributed by atoms with Crippen molar-refractivity contribution in [2.75, 3.05) is 45.7 Å². The average Bonchev–Trinajstić information content (AvgIpc) is 2.35. The molecule has 108 valence electrons. The van der Waals surface area contributed by atoms with E-state index in [-0.39, 0.29) is 0 Å². The number of benzene rings is 1. The molecule has 3 nitrogen and oxygen atoms in total. The van der Waals surface area contributed by atoms with Crippen molar-refractivity contribution in [3.8, 4) is 0 Å². The van der Waals surface area contributed by atoms with Gasteiger partial charge in [-0.15, -0.1) is 0 Å². The predicted molar refractivity (Wildman–Crippen MR) is 84.8 cm³/mol. The minimum atomic E-state index is 0.680. The molecule has 1 N–H and O–H groups in total. The van der Waals surface area contributed by atoms with E-state index in [1.54, 1.807) is 0 Å². The first kappa shape index (κ1) is 16.0. The fourth-order valence-corrected chi connectivity index (χ4v) is 2.12. The summed E-state index contributed by atoms with van der Waals surface area (Å²) in [5, 5.41) is 3.18. The van der Waals surface area contributed by atoms with Crippen molar-refractivity contribution >= 4 is 5.69 Å². The number of likely N-dealkylation sites (N-methyl/N-ethyl adjacent to an activating group) is 1. The molecule has 1 rings (SSSR count). The van der Waals surface area contributed by atoms with E-state index in [2.05, 4.69) is 67.3 Å². The molecule has 0 aliphatic rings. The molecule has 0 aliphatic carbocycles. The fourth-order valence-electron chi connectivity index (χ4n) is 2.12. The molecule has 1 aromatic rings. The van der Waals surface area contributed by atoms with Gasteiger partial charge in [-0.1, -0.05) is 26.0 Å². The van der Waals surface area contributed by atoms with Gasteiger partial charge in [-0.3, -0.25) is 0 Å². The molecule has 1 aromatic carbocycles. The van der Waals surface area contributed by atoms with Crippen LogP contribution in [0.2, 0.25) is 0 Å². The van der Waals surface area contributed by atoms with E-state index in [9.17, 15) is 0 Å². The van der Waals surface area contributed by atoms with Gasteiger partial charge in [0.15, 0.2) is 0 Å². The van der Waals surface area contributed by atoms with Gasteiger partial charge in [0.1, 0.15) is 0 Å². The van der Waals surface area contributed by atoms with E-state index in [0.717, 1.165) is 26.2 Å².